The Morgan fingerprint density at radius 1 is 1.57 bits per heavy atom. The number of hydrogen-bond donors (Lipinski definition) is 3. The summed E-state index contributed by atoms with van der Waals surface area (Å²) >= 11 is 0. The first-order chi connectivity index (χ1) is 6.63. The number of aliphatic imine (C=N–C) groups is 1. The van der Waals surface area contributed by atoms with Gasteiger partial charge in [-0.05, 0) is 18.2 Å². The van der Waals surface area contributed by atoms with Crippen LogP contribution in [0.4, 0.5) is 11.4 Å². The molecule has 1 aromatic carbocycles. The molecule has 0 spiro atoms. The van der Waals surface area contributed by atoms with Gasteiger partial charge in [0.05, 0.1) is 5.69 Å². The number of nitrogens with zero attached hydrogens (tertiary/aromatic N) is 1. The number of nitrogen functional groups attached to an aromatic ring is 1. The first kappa shape index (κ1) is 10.2. The van der Waals surface area contributed by atoms with Crippen molar-refractivity contribution in [1.29, 1.82) is 0 Å². The summed E-state index contributed by atoms with van der Waals surface area (Å²) in [7, 11) is 0. The molecule has 4 N–H and O–H groups in total. The van der Waals surface area contributed by atoms with E-state index in [-0.39, 0.29) is 11.6 Å². The van der Waals surface area contributed by atoms with Gasteiger partial charge in [-0.15, -0.1) is 0 Å². The quantitative estimate of drug-likeness (QED) is 0.281. The van der Waals surface area contributed by atoms with Gasteiger partial charge in [0.1, 0.15) is 0 Å². The van der Waals surface area contributed by atoms with Crippen molar-refractivity contribution in [3.8, 4) is 0 Å². The van der Waals surface area contributed by atoms with Gasteiger partial charge < -0.3 is 5.73 Å². The lowest BCUT2D eigenvalue weighted by Crippen LogP contribution is -2.25. The lowest BCUT2D eigenvalue weighted by molar-refractivity contribution is -0.111. The fraction of sp³-hybridized carbons (Fsp3) is 0.111. The van der Waals surface area contributed by atoms with E-state index in [4.69, 9.17) is 10.9 Å². The summed E-state index contributed by atoms with van der Waals surface area (Å²) in [5.74, 6) is -0.467. The predicted octanol–water partition coefficient (Wildman–Crippen LogP) is 0.867. The van der Waals surface area contributed by atoms with Crippen molar-refractivity contribution in [3.63, 3.8) is 0 Å². The molecule has 0 amide bonds. The van der Waals surface area contributed by atoms with E-state index in [9.17, 15) is 4.79 Å². The van der Waals surface area contributed by atoms with E-state index in [1.165, 1.54) is 6.92 Å². The van der Waals surface area contributed by atoms with E-state index in [2.05, 4.69) is 4.99 Å². The summed E-state index contributed by atoms with van der Waals surface area (Å²) in [5.41, 5.74) is 8.30. The molecule has 1 aromatic rings. The van der Waals surface area contributed by atoms with Crippen molar-refractivity contribution < 1.29 is 10.0 Å². The Bertz CT molecular complexity index is 374. The number of nitrogens with one attached hydrogen (secondary N) is 1. The smallest absolute Gasteiger partial charge is 0.196 e. The van der Waals surface area contributed by atoms with Crippen LogP contribution in [0.1, 0.15) is 6.92 Å². The van der Waals surface area contributed by atoms with Gasteiger partial charge in [0.2, 0.25) is 0 Å². The van der Waals surface area contributed by atoms with Gasteiger partial charge in [-0.3, -0.25) is 10.0 Å². The minimum Gasteiger partial charge on any atom is -0.399 e. The van der Waals surface area contributed by atoms with Crippen LogP contribution >= 0.6 is 0 Å². The fourth-order valence-electron chi connectivity index (χ4n) is 0.906. The van der Waals surface area contributed by atoms with Crippen LogP contribution in [-0.2, 0) is 4.79 Å². The normalized spacial score (nSPS) is 11.1. The summed E-state index contributed by atoms with van der Waals surface area (Å²) in [6.07, 6.45) is 0. The summed E-state index contributed by atoms with van der Waals surface area (Å²) in [6.45, 7) is 1.30. The predicted molar refractivity (Wildman–Crippen MR) is 53.6 cm³/mol. The van der Waals surface area contributed by atoms with E-state index < -0.39 is 0 Å². The Kier molecular flexibility index (Phi) is 3.19. The Morgan fingerprint density at radius 2 is 2.29 bits per heavy atom. The van der Waals surface area contributed by atoms with E-state index in [1.54, 1.807) is 29.7 Å². The number of amidine groups is 1. The largest absolute Gasteiger partial charge is 0.399 e. The number of benzene rings is 1. The van der Waals surface area contributed by atoms with Gasteiger partial charge in [-0.1, -0.05) is 6.07 Å². The molecule has 0 aliphatic carbocycles. The average molecular weight is 193 g/mol. The molecule has 0 aliphatic rings. The lowest BCUT2D eigenvalue weighted by Gasteiger charge is -2.00. The van der Waals surface area contributed by atoms with E-state index in [0.717, 1.165) is 0 Å². The van der Waals surface area contributed by atoms with Crippen molar-refractivity contribution in [2.45, 2.75) is 6.92 Å². The topological polar surface area (TPSA) is 87.7 Å². The number of anilines is 1. The molecule has 1 rings (SSSR count). The van der Waals surface area contributed by atoms with Gasteiger partial charge in [0, 0.05) is 12.6 Å². The highest BCUT2D eigenvalue weighted by Crippen LogP contribution is 2.15. The van der Waals surface area contributed by atoms with Crippen LogP contribution in [0.5, 0.6) is 0 Å². The molecule has 14 heavy (non-hydrogen) atoms. The molecule has 5 nitrogen and oxygen atoms in total. The van der Waals surface area contributed by atoms with E-state index in [1.807, 2.05) is 0 Å². The third-order valence-corrected chi connectivity index (χ3v) is 1.55. The van der Waals surface area contributed by atoms with Crippen molar-refractivity contribution >= 4 is 23.0 Å². The SMILES string of the molecule is CC(=O)C(=Nc1cccc(N)c1)NO. The zero-order valence-corrected chi connectivity index (χ0v) is 7.69. The maximum absolute atomic E-state index is 10.9. The summed E-state index contributed by atoms with van der Waals surface area (Å²) in [4.78, 5) is 14.7. The fourth-order valence-corrected chi connectivity index (χ4v) is 0.906. The van der Waals surface area contributed by atoms with Gasteiger partial charge >= 0.3 is 0 Å². The first-order valence-corrected chi connectivity index (χ1v) is 3.98. The molecular formula is C9H11N3O2. The maximum atomic E-state index is 10.9. The molecular weight excluding hydrogens is 182 g/mol. The van der Waals surface area contributed by atoms with Crippen LogP contribution in [0.3, 0.4) is 0 Å². The number of hydrogen-bond acceptors (Lipinski definition) is 4. The van der Waals surface area contributed by atoms with Crippen LogP contribution in [0.2, 0.25) is 0 Å². The minimum atomic E-state index is -0.352. The summed E-state index contributed by atoms with van der Waals surface area (Å²) in [5, 5.41) is 8.59. The number of Topliss-reactive ketones (excluding diaryl/α,β-unsaturated/α-hetero) is 1. The number of ketones is 1. The van der Waals surface area contributed by atoms with E-state index >= 15 is 0 Å². The van der Waals surface area contributed by atoms with Crippen LogP contribution in [0, 0.1) is 0 Å². The van der Waals surface area contributed by atoms with E-state index in [0.29, 0.717) is 11.4 Å². The number of carbonyl (C=O) groups is 1. The molecule has 0 aromatic heterocycles. The second kappa shape index (κ2) is 4.38. The maximum Gasteiger partial charge on any atom is 0.196 e. The Balaban J connectivity index is 3.00. The van der Waals surface area contributed by atoms with Crippen LogP contribution in [0.15, 0.2) is 29.3 Å². The lowest BCUT2D eigenvalue weighted by atomic mass is 10.3. The molecule has 0 atom stereocenters. The zero-order chi connectivity index (χ0) is 10.6. The summed E-state index contributed by atoms with van der Waals surface area (Å²) in [6, 6.07) is 6.69. The number of rotatable bonds is 2. The molecule has 0 bridgehead atoms. The standard InChI is InChI=1S/C9H11N3O2/c1-6(13)9(12-14)11-8-4-2-3-7(10)5-8/h2-5,14H,10H2,1H3,(H,11,12). The molecule has 0 saturated heterocycles. The summed E-state index contributed by atoms with van der Waals surface area (Å²) < 4.78 is 0. The third-order valence-electron chi connectivity index (χ3n) is 1.55. The zero-order valence-electron chi connectivity index (χ0n) is 7.69. The van der Waals surface area contributed by atoms with Gasteiger partial charge in [-0.2, -0.15) is 0 Å². The van der Waals surface area contributed by atoms with Crippen LogP contribution in [-0.4, -0.2) is 16.8 Å². The molecule has 0 aliphatic heterocycles. The second-order valence-corrected chi connectivity index (χ2v) is 2.72. The highest BCUT2D eigenvalue weighted by Gasteiger charge is 2.03. The highest BCUT2D eigenvalue weighted by atomic mass is 16.5. The molecule has 0 fully saturated rings. The van der Waals surface area contributed by atoms with Crippen LogP contribution in [0.25, 0.3) is 0 Å². The molecule has 74 valence electrons. The molecule has 0 radical (unpaired) electrons. The Morgan fingerprint density at radius 3 is 2.79 bits per heavy atom. The number of carbonyl (C=O) groups excluding carboxylic acids is 1. The first-order valence-electron chi connectivity index (χ1n) is 3.98. The number of nitrogens with two attached hydrogens (primary N) is 1. The average Bonchev–Trinajstić information content (AvgIpc) is 2.14. The van der Waals surface area contributed by atoms with Gasteiger partial charge in [0.15, 0.2) is 11.6 Å². The molecule has 0 saturated carbocycles. The minimum absolute atomic E-state index is 0.115. The molecule has 0 unspecified atom stereocenters. The van der Waals surface area contributed by atoms with Crippen LogP contribution < -0.4 is 11.2 Å². The van der Waals surface area contributed by atoms with Crippen molar-refractivity contribution in [2.75, 3.05) is 5.73 Å². The number of hydroxylamine groups is 1. The third kappa shape index (κ3) is 2.56. The monoisotopic (exact) mass is 193 g/mol. The van der Waals surface area contributed by atoms with Crippen molar-refractivity contribution in [3.05, 3.63) is 24.3 Å². The van der Waals surface area contributed by atoms with Gasteiger partial charge in [0.25, 0.3) is 0 Å². The molecule has 5 heteroatoms. The molecule has 0 heterocycles. The van der Waals surface area contributed by atoms with Crippen molar-refractivity contribution in [1.82, 2.24) is 5.48 Å². The highest BCUT2D eigenvalue weighted by molar-refractivity contribution is 6.38. The second-order valence-electron chi connectivity index (χ2n) is 2.72. The van der Waals surface area contributed by atoms with Crippen molar-refractivity contribution in [2.24, 2.45) is 4.99 Å². The van der Waals surface area contributed by atoms with Gasteiger partial charge in [-0.25, -0.2) is 10.5 Å². The Labute approximate surface area is 81.2 Å². The Hall–Kier alpha value is -1.88.